The molecule has 0 saturated carbocycles. The van der Waals surface area contributed by atoms with Gasteiger partial charge in [-0.3, -0.25) is 14.9 Å². The van der Waals surface area contributed by atoms with Gasteiger partial charge >= 0.3 is 0 Å². The number of amides is 1. The fourth-order valence-corrected chi connectivity index (χ4v) is 2.20. The topological polar surface area (TPSA) is 63.5 Å². The van der Waals surface area contributed by atoms with Crippen molar-refractivity contribution in [3.63, 3.8) is 0 Å². The molecule has 6 heteroatoms. The Bertz CT molecular complexity index is 530. The lowest BCUT2D eigenvalue weighted by Crippen LogP contribution is -2.24. The predicted molar refractivity (Wildman–Crippen MR) is 68.8 cm³/mol. The highest BCUT2D eigenvalue weighted by Crippen LogP contribution is 2.32. The van der Waals surface area contributed by atoms with Gasteiger partial charge in [0.25, 0.3) is 5.69 Å². The number of carbonyl (C=O) groups is 1. The molecule has 0 bridgehead atoms. The molecule has 0 aliphatic carbocycles. The number of benzene rings is 1. The van der Waals surface area contributed by atoms with Crippen LogP contribution in [0.1, 0.15) is 6.42 Å². The van der Waals surface area contributed by atoms with Crippen molar-refractivity contribution in [1.29, 1.82) is 0 Å². The Balaban J connectivity index is 2.30. The van der Waals surface area contributed by atoms with Crippen molar-refractivity contribution in [3.8, 4) is 0 Å². The number of hydrogen-bond acceptors (Lipinski definition) is 3. The van der Waals surface area contributed by atoms with Crippen LogP contribution in [0.25, 0.3) is 0 Å². The van der Waals surface area contributed by atoms with Crippen LogP contribution in [0, 0.1) is 16.0 Å². The van der Waals surface area contributed by atoms with Gasteiger partial charge in [0.15, 0.2) is 0 Å². The Morgan fingerprint density at radius 3 is 2.78 bits per heavy atom. The summed E-state index contributed by atoms with van der Waals surface area (Å²) in [4.78, 5) is 23.4. The van der Waals surface area contributed by atoms with E-state index in [0.717, 1.165) is 0 Å². The molecule has 1 unspecified atom stereocenters. The molecule has 1 aliphatic heterocycles. The number of nitrogens with zero attached hydrogens (tertiary/aromatic N) is 2. The summed E-state index contributed by atoms with van der Waals surface area (Å²) in [6.45, 7) is 4.20. The van der Waals surface area contributed by atoms with Crippen molar-refractivity contribution in [3.05, 3.63) is 46.0 Å². The maximum absolute atomic E-state index is 11.8. The van der Waals surface area contributed by atoms with Gasteiger partial charge in [-0.05, 0) is 12.1 Å². The van der Waals surface area contributed by atoms with E-state index < -0.39 is 4.92 Å². The van der Waals surface area contributed by atoms with E-state index in [0.29, 0.717) is 18.7 Å². The normalized spacial score (nSPS) is 19.1. The molecule has 0 aromatic heterocycles. The Kier molecular flexibility index (Phi) is 3.34. The molecule has 1 saturated heterocycles. The summed E-state index contributed by atoms with van der Waals surface area (Å²) in [6, 6.07) is 4.29. The number of nitro benzene ring substituents is 1. The number of anilines is 1. The third kappa shape index (κ3) is 2.22. The van der Waals surface area contributed by atoms with Gasteiger partial charge in [-0.25, -0.2) is 0 Å². The number of nitro groups is 1. The van der Waals surface area contributed by atoms with Crippen LogP contribution in [0.3, 0.4) is 0 Å². The first kappa shape index (κ1) is 12.6. The molecule has 0 radical (unpaired) electrons. The van der Waals surface area contributed by atoms with Crippen LogP contribution in [-0.4, -0.2) is 17.4 Å². The van der Waals surface area contributed by atoms with E-state index in [1.807, 2.05) is 0 Å². The quantitative estimate of drug-likeness (QED) is 0.480. The summed E-state index contributed by atoms with van der Waals surface area (Å²) in [5, 5.41) is 10.7. The second-order valence-electron chi connectivity index (χ2n) is 4.10. The molecular weight excluding hydrogens is 256 g/mol. The maximum atomic E-state index is 11.8. The van der Waals surface area contributed by atoms with E-state index in [1.54, 1.807) is 11.0 Å². The molecule has 0 N–H and O–H groups in total. The zero-order valence-electron chi connectivity index (χ0n) is 9.51. The first-order valence-electron chi connectivity index (χ1n) is 5.39. The highest BCUT2D eigenvalue weighted by molar-refractivity contribution is 6.33. The van der Waals surface area contributed by atoms with Gasteiger partial charge < -0.3 is 4.90 Å². The number of rotatable bonds is 3. The number of carbonyl (C=O) groups excluding carboxylic acids is 1. The third-order valence-electron chi connectivity index (χ3n) is 2.93. The van der Waals surface area contributed by atoms with E-state index in [2.05, 4.69) is 6.58 Å². The van der Waals surface area contributed by atoms with E-state index in [1.165, 1.54) is 18.2 Å². The lowest BCUT2D eigenvalue weighted by molar-refractivity contribution is -0.384. The van der Waals surface area contributed by atoms with Gasteiger partial charge in [-0.1, -0.05) is 17.7 Å². The second-order valence-corrected chi connectivity index (χ2v) is 4.50. The minimum Gasteiger partial charge on any atom is -0.312 e. The highest BCUT2D eigenvalue weighted by atomic mass is 35.5. The van der Waals surface area contributed by atoms with Crippen LogP contribution in [0.2, 0.25) is 5.02 Å². The van der Waals surface area contributed by atoms with Gasteiger partial charge in [0.2, 0.25) is 5.91 Å². The lowest BCUT2D eigenvalue weighted by Gasteiger charge is -2.16. The molecule has 2 rings (SSSR count). The Morgan fingerprint density at radius 2 is 2.28 bits per heavy atom. The molecule has 1 heterocycles. The van der Waals surface area contributed by atoms with Crippen molar-refractivity contribution >= 4 is 28.9 Å². The van der Waals surface area contributed by atoms with E-state index in [-0.39, 0.29) is 22.5 Å². The average Bonchev–Trinajstić information content (AvgIpc) is 2.70. The van der Waals surface area contributed by atoms with Gasteiger partial charge in [0.05, 0.1) is 4.92 Å². The van der Waals surface area contributed by atoms with Crippen molar-refractivity contribution in [2.75, 3.05) is 11.4 Å². The smallest absolute Gasteiger partial charge is 0.288 e. The molecule has 1 fully saturated rings. The Labute approximate surface area is 109 Å². The van der Waals surface area contributed by atoms with Crippen molar-refractivity contribution in [1.82, 2.24) is 0 Å². The SMILES string of the molecule is C=CC1CC(=O)N(c2ccc([N+](=O)[O-])c(Cl)c2)C1. The molecule has 1 aliphatic rings. The molecule has 5 nitrogen and oxygen atoms in total. The Hall–Kier alpha value is -1.88. The molecule has 1 aromatic carbocycles. The zero-order valence-corrected chi connectivity index (χ0v) is 10.3. The van der Waals surface area contributed by atoms with Crippen molar-refractivity contribution in [2.45, 2.75) is 6.42 Å². The van der Waals surface area contributed by atoms with E-state index in [4.69, 9.17) is 11.6 Å². The molecule has 0 spiro atoms. The van der Waals surface area contributed by atoms with Crippen LogP contribution in [0.15, 0.2) is 30.9 Å². The molecular formula is C12H11ClN2O3. The molecule has 1 atom stereocenters. The van der Waals surface area contributed by atoms with Gasteiger partial charge in [0, 0.05) is 30.6 Å². The standard InChI is InChI=1S/C12H11ClN2O3/c1-2-8-5-12(16)14(7-8)9-3-4-11(15(17)18)10(13)6-9/h2-4,6,8H,1,5,7H2. The maximum Gasteiger partial charge on any atom is 0.288 e. The minimum atomic E-state index is -0.551. The van der Waals surface area contributed by atoms with E-state index in [9.17, 15) is 14.9 Å². The molecule has 18 heavy (non-hydrogen) atoms. The predicted octanol–water partition coefficient (Wildman–Crippen LogP) is 2.79. The van der Waals surface area contributed by atoms with Gasteiger partial charge in [-0.15, -0.1) is 6.58 Å². The lowest BCUT2D eigenvalue weighted by atomic mass is 10.1. The first-order valence-corrected chi connectivity index (χ1v) is 5.77. The van der Waals surface area contributed by atoms with Crippen LogP contribution >= 0.6 is 11.6 Å². The van der Waals surface area contributed by atoms with Crippen molar-refractivity contribution in [2.24, 2.45) is 5.92 Å². The summed E-state index contributed by atoms with van der Waals surface area (Å²) in [6.07, 6.45) is 2.16. The average molecular weight is 267 g/mol. The summed E-state index contributed by atoms with van der Waals surface area (Å²) in [7, 11) is 0. The van der Waals surface area contributed by atoms with Crippen LogP contribution in [-0.2, 0) is 4.79 Å². The van der Waals surface area contributed by atoms with Crippen LogP contribution in [0.5, 0.6) is 0 Å². The minimum absolute atomic E-state index is 0.0233. The molecule has 1 amide bonds. The largest absolute Gasteiger partial charge is 0.312 e. The summed E-state index contributed by atoms with van der Waals surface area (Å²) in [5.41, 5.74) is 0.423. The fourth-order valence-electron chi connectivity index (χ4n) is 1.95. The number of hydrogen-bond donors (Lipinski definition) is 0. The monoisotopic (exact) mass is 266 g/mol. The molecule has 94 valence electrons. The number of halogens is 1. The van der Waals surface area contributed by atoms with Gasteiger partial charge in [0.1, 0.15) is 5.02 Å². The fraction of sp³-hybridized carbons (Fsp3) is 0.250. The summed E-state index contributed by atoms with van der Waals surface area (Å²) >= 11 is 5.82. The summed E-state index contributed by atoms with van der Waals surface area (Å²) < 4.78 is 0. The second kappa shape index (κ2) is 4.78. The van der Waals surface area contributed by atoms with E-state index >= 15 is 0 Å². The van der Waals surface area contributed by atoms with Gasteiger partial charge in [-0.2, -0.15) is 0 Å². The summed E-state index contributed by atoms with van der Waals surface area (Å²) in [5.74, 6) is 0.0938. The van der Waals surface area contributed by atoms with Crippen LogP contribution < -0.4 is 4.90 Å². The first-order chi connectivity index (χ1) is 8.52. The zero-order chi connectivity index (χ0) is 13.3. The van der Waals surface area contributed by atoms with Crippen LogP contribution in [0.4, 0.5) is 11.4 Å². The van der Waals surface area contributed by atoms with Crippen molar-refractivity contribution < 1.29 is 9.72 Å². The molecule has 1 aromatic rings. The highest BCUT2D eigenvalue weighted by Gasteiger charge is 2.29. The Morgan fingerprint density at radius 1 is 1.56 bits per heavy atom. The third-order valence-corrected chi connectivity index (χ3v) is 3.23.